The Labute approximate surface area is 212 Å². The maximum Gasteiger partial charge on any atom is 0.325 e. The van der Waals surface area contributed by atoms with Crippen LogP contribution in [0.1, 0.15) is 50.5 Å². The standard InChI is InChI=1S/C28H36N4O4/c1-36-24-10-3-2-7-19(24)17-32-27(34)22(29-28(32)35)15-25(33)31-12-6-8-18-13-20-14-21(26(18)31)16-30-11-5-4-9-23(20)30/h2-3,7,10,13,20-23,26H,4-6,8-9,11-12,14-17H2,1H3,(H,29,35)/t20-,21+,22?,23?,26?/m1/s1. The molecular weight excluding hydrogens is 456 g/mol. The van der Waals surface area contributed by atoms with Crippen LogP contribution in [0.4, 0.5) is 4.79 Å². The highest BCUT2D eigenvalue weighted by Crippen LogP contribution is 2.45. The average molecular weight is 493 g/mol. The lowest BCUT2D eigenvalue weighted by Gasteiger charge is -2.54. The lowest BCUT2D eigenvalue weighted by molar-refractivity contribution is -0.139. The Morgan fingerprint density at radius 1 is 1.14 bits per heavy atom. The molecule has 36 heavy (non-hydrogen) atoms. The molecule has 0 saturated carbocycles. The number of ether oxygens (including phenoxy) is 1. The number of hydrogen-bond donors (Lipinski definition) is 1. The predicted octanol–water partition coefficient (Wildman–Crippen LogP) is 2.93. The number of hydrogen-bond acceptors (Lipinski definition) is 5. The Morgan fingerprint density at radius 2 is 2.00 bits per heavy atom. The Kier molecular flexibility index (Phi) is 6.23. The van der Waals surface area contributed by atoms with E-state index in [-0.39, 0.29) is 30.8 Å². The maximum absolute atomic E-state index is 13.6. The van der Waals surface area contributed by atoms with Crippen LogP contribution in [0.25, 0.3) is 0 Å². The summed E-state index contributed by atoms with van der Waals surface area (Å²) in [6, 6.07) is 6.90. The van der Waals surface area contributed by atoms with Crippen molar-refractivity contribution in [3.63, 3.8) is 0 Å². The third-order valence-electron chi connectivity index (χ3n) is 8.98. The number of nitrogens with one attached hydrogen (secondary N) is 1. The van der Waals surface area contributed by atoms with Crippen LogP contribution in [-0.4, -0.2) is 77.4 Å². The van der Waals surface area contributed by atoms with E-state index in [1.165, 1.54) is 36.3 Å². The van der Waals surface area contributed by atoms with Crippen LogP contribution in [0, 0.1) is 11.8 Å². The molecule has 2 bridgehead atoms. The Morgan fingerprint density at radius 3 is 2.86 bits per heavy atom. The van der Waals surface area contributed by atoms with Crippen molar-refractivity contribution in [2.45, 2.75) is 69.6 Å². The van der Waals surface area contributed by atoms with Gasteiger partial charge in [0.25, 0.3) is 5.91 Å². The number of urea groups is 1. The highest BCUT2D eigenvalue weighted by atomic mass is 16.5. The van der Waals surface area contributed by atoms with E-state index in [0.717, 1.165) is 37.9 Å². The van der Waals surface area contributed by atoms with Crippen LogP contribution >= 0.6 is 0 Å². The first kappa shape index (κ1) is 23.5. The summed E-state index contributed by atoms with van der Waals surface area (Å²) in [5.41, 5.74) is 2.19. The van der Waals surface area contributed by atoms with Crippen molar-refractivity contribution in [3.8, 4) is 5.75 Å². The molecule has 8 nitrogen and oxygen atoms in total. The van der Waals surface area contributed by atoms with Gasteiger partial charge in [-0.2, -0.15) is 0 Å². The fourth-order valence-electron chi connectivity index (χ4n) is 7.41. The first-order valence-electron chi connectivity index (χ1n) is 13.5. The van der Waals surface area contributed by atoms with E-state index in [0.29, 0.717) is 23.6 Å². The van der Waals surface area contributed by atoms with Crippen molar-refractivity contribution in [1.29, 1.82) is 0 Å². The number of methoxy groups -OCH3 is 1. The van der Waals surface area contributed by atoms with E-state index in [4.69, 9.17) is 4.74 Å². The smallest absolute Gasteiger partial charge is 0.325 e. The molecule has 0 radical (unpaired) electrons. The van der Waals surface area contributed by atoms with Gasteiger partial charge >= 0.3 is 6.03 Å². The van der Waals surface area contributed by atoms with Crippen molar-refractivity contribution in [2.24, 2.45) is 11.8 Å². The molecule has 6 rings (SSSR count). The topological polar surface area (TPSA) is 82.2 Å². The van der Waals surface area contributed by atoms with E-state index in [9.17, 15) is 14.4 Å². The molecule has 4 amide bonds. The van der Waals surface area contributed by atoms with Crippen molar-refractivity contribution in [2.75, 3.05) is 26.7 Å². The summed E-state index contributed by atoms with van der Waals surface area (Å²) in [5.74, 6) is 1.34. The van der Waals surface area contributed by atoms with E-state index < -0.39 is 12.1 Å². The summed E-state index contributed by atoms with van der Waals surface area (Å²) in [6.45, 7) is 3.09. The molecule has 4 saturated heterocycles. The highest BCUT2D eigenvalue weighted by molar-refractivity contribution is 6.05. The third-order valence-corrected chi connectivity index (χ3v) is 8.98. The second-order valence-electron chi connectivity index (χ2n) is 11.0. The number of amides is 4. The van der Waals surface area contributed by atoms with Gasteiger partial charge in [0, 0.05) is 24.7 Å². The van der Waals surface area contributed by atoms with Crippen molar-refractivity contribution in [3.05, 3.63) is 41.5 Å². The molecule has 1 N–H and O–H groups in total. The fraction of sp³-hybridized carbons (Fsp3) is 0.607. The zero-order chi connectivity index (χ0) is 24.8. The normalized spacial score (nSPS) is 31.9. The van der Waals surface area contributed by atoms with E-state index >= 15 is 0 Å². The van der Waals surface area contributed by atoms with E-state index in [1.807, 2.05) is 29.2 Å². The third kappa shape index (κ3) is 4.09. The molecule has 1 aromatic rings. The number of likely N-dealkylation sites (tertiary alicyclic amines) is 1. The minimum Gasteiger partial charge on any atom is -0.496 e. The highest BCUT2D eigenvalue weighted by Gasteiger charge is 2.48. The lowest BCUT2D eigenvalue weighted by atomic mass is 9.68. The molecular formula is C28H36N4O4. The van der Waals surface area contributed by atoms with Gasteiger partial charge in [0.05, 0.1) is 26.1 Å². The van der Waals surface area contributed by atoms with Gasteiger partial charge in [-0.3, -0.25) is 19.4 Å². The minimum absolute atomic E-state index is 0.0132. The number of fused-ring (bicyclic) bond motifs is 6. The first-order valence-corrected chi connectivity index (χ1v) is 13.5. The number of rotatable bonds is 5. The van der Waals surface area contributed by atoms with Crippen LogP contribution in [0.2, 0.25) is 0 Å². The quantitative estimate of drug-likeness (QED) is 0.505. The van der Waals surface area contributed by atoms with Crippen LogP contribution in [0.15, 0.2) is 35.9 Å². The van der Waals surface area contributed by atoms with Gasteiger partial charge < -0.3 is 15.0 Å². The molecule has 4 aliphatic heterocycles. The Hall–Kier alpha value is -2.87. The van der Waals surface area contributed by atoms with Gasteiger partial charge in [-0.15, -0.1) is 0 Å². The van der Waals surface area contributed by atoms with Gasteiger partial charge in [0.2, 0.25) is 5.91 Å². The number of piperidine rings is 3. The molecule has 1 aromatic carbocycles. The fourth-order valence-corrected chi connectivity index (χ4v) is 7.41. The SMILES string of the molecule is COc1ccccc1CN1C(=O)NC(CC(=O)N2CCCC3=C[C@@H]4C[C@@H](CN5CCCCC45)C32)C1=O. The summed E-state index contributed by atoms with van der Waals surface area (Å²) in [6.07, 6.45) is 9.60. The maximum atomic E-state index is 13.6. The number of para-hydroxylation sites is 1. The Balaban J connectivity index is 1.15. The molecule has 1 aliphatic carbocycles. The number of imide groups is 1. The first-order chi connectivity index (χ1) is 17.5. The minimum atomic E-state index is -0.816. The number of nitrogens with zero attached hydrogens (tertiary/aromatic N) is 3. The zero-order valence-corrected chi connectivity index (χ0v) is 21.0. The summed E-state index contributed by atoms with van der Waals surface area (Å²) in [5, 5.41) is 2.76. The predicted molar refractivity (Wildman–Crippen MR) is 134 cm³/mol. The molecule has 0 aromatic heterocycles. The molecule has 5 atom stereocenters. The summed E-state index contributed by atoms with van der Waals surface area (Å²) in [7, 11) is 1.57. The summed E-state index contributed by atoms with van der Waals surface area (Å²) < 4.78 is 5.37. The largest absolute Gasteiger partial charge is 0.496 e. The molecule has 5 aliphatic rings. The van der Waals surface area contributed by atoms with Crippen molar-refractivity contribution >= 4 is 17.8 Å². The van der Waals surface area contributed by atoms with Crippen LogP contribution in [0.5, 0.6) is 5.75 Å². The molecule has 3 unspecified atom stereocenters. The molecule has 4 fully saturated rings. The monoisotopic (exact) mass is 492 g/mol. The van der Waals surface area contributed by atoms with Gasteiger partial charge in [-0.1, -0.05) is 36.3 Å². The Bertz CT molecular complexity index is 1090. The van der Waals surface area contributed by atoms with Crippen molar-refractivity contribution in [1.82, 2.24) is 20.0 Å². The van der Waals surface area contributed by atoms with Gasteiger partial charge in [-0.25, -0.2) is 4.79 Å². The van der Waals surface area contributed by atoms with E-state index in [1.54, 1.807) is 7.11 Å². The second-order valence-corrected chi connectivity index (χ2v) is 11.0. The van der Waals surface area contributed by atoms with E-state index in [2.05, 4.69) is 16.3 Å². The molecule has 0 spiro atoms. The van der Waals surface area contributed by atoms with Crippen molar-refractivity contribution < 1.29 is 19.1 Å². The van der Waals surface area contributed by atoms with Gasteiger partial charge in [0.1, 0.15) is 11.8 Å². The average Bonchev–Trinajstić information content (AvgIpc) is 3.16. The van der Waals surface area contributed by atoms with Gasteiger partial charge in [-0.05, 0) is 56.6 Å². The van der Waals surface area contributed by atoms with Crippen LogP contribution in [-0.2, 0) is 16.1 Å². The molecule has 8 heteroatoms. The second kappa shape index (κ2) is 9.54. The van der Waals surface area contributed by atoms with Crippen LogP contribution in [0.3, 0.4) is 0 Å². The van der Waals surface area contributed by atoms with Gasteiger partial charge in [0.15, 0.2) is 0 Å². The molecule has 192 valence electrons. The number of carbonyl (C=O) groups excluding carboxylic acids is 3. The summed E-state index contributed by atoms with van der Waals surface area (Å²) in [4.78, 5) is 45.3. The zero-order valence-electron chi connectivity index (χ0n) is 21.0. The summed E-state index contributed by atoms with van der Waals surface area (Å²) >= 11 is 0. The lowest BCUT2D eigenvalue weighted by Crippen LogP contribution is -2.60. The number of carbonyl (C=O) groups is 3. The molecule has 4 heterocycles. The van der Waals surface area contributed by atoms with Crippen LogP contribution < -0.4 is 10.1 Å². The number of benzene rings is 1.